The maximum absolute atomic E-state index is 12.4. The Morgan fingerprint density at radius 1 is 0.731 bits per heavy atom. The van der Waals surface area contributed by atoms with Gasteiger partial charge >= 0.3 is 7.12 Å². The first-order valence-electron chi connectivity index (χ1n) is 7.56. The Hall–Kier alpha value is -2.97. The molecule has 0 aliphatic carbocycles. The van der Waals surface area contributed by atoms with Gasteiger partial charge in [0, 0.05) is 23.2 Å². The van der Waals surface area contributed by atoms with Crippen LogP contribution in [0.4, 0.5) is 13.2 Å². The van der Waals surface area contributed by atoms with Crippen LogP contribution in [0.25, 0.3) is 21.8 Å². The third kappa shape index (κ3) is 3.66. The van der Waals surface area contributed by atoms with Crippen molar-refractivity contribution in [2.75, 3.05) is 0 Å². The van der Waals surface area contributed by atoms with E-state index in [1.807, 2.05) is 12.1 Å². The minimum Gasteiger partial charge on any atom is -0.423 e. The molecule has 4 rings (SSSR count). The van der Waals surface area contributed by atoms with E-state index in [1.54, 1.807) is 12.4 Å². The van der Waals surface area contributed by atoms with E-state index >= 15 is 0 Å². The Morgan fingerprint density at radius 2 is 1.19 bits per heavy atom. The average Bonchev–Trinajstić information content (AvgIpc) is 2.66. The molecule has 0 atom stereocenters. The molecule has 8 heteroatoms. The number of benzene rings is 2. The summed E-state index contributed by atoms with van der Waals surface area (Å²) in [5.41, 5.74) is 1.53. The van der Waals surface area contributed by atoms with Gasteiger partial charge in [-0.15, -0.1) is 0 Å². The maximum atomic E-state index is 12.4. The van der Waals surface area contributed by atoms with Gasteiger partial charge in [0.2, 0.25) is 0 Å². The fourth-order valence-corrected chi connectivity index (χ4v) is 2.40. The summed E-state index contributed by atoms with van der Waals surface area (Å²) in [5, 5.41) is 19.2. The number of aromatic nitrogens is 2. The van der Waals surface area contributed by atoms with Crippen LogP contribution in [0.15, 0.2) is 60.9 Å². The van der Waals surface area contributed by atoms with Crippen molar-refractivity contribution in [3.8, 4) is 0 Å². The predicted octanol–water partition coefficient (Wildman–Crippen LogP) is 2.57. The lowest BCUT2D eigenvalue weighted by Gasteiger charge is -2.00. The molecule has 0 fully saturated rings. The summed E-state index contributed by atoms with van der Waals surface area (Å²) in [6, 6.07) is 13.2. The summed E-state index contributed by atoms with van der Waals surface area (Å²) >= 11 is 0. The molecule has 4 nitrogen and oxygen atoms in total. The molecule has 2 aromatic carbocycles. The number of fused-ring (bicyclic) bond motifs is 3. The van der Waals surface area contributed by atoms with Crippen LogP contribution >= 0.6 is 0 Å². The summed E-state index contributed by atoms with van der Waals surface area (Å²) in [4.78, 5) is 8.69. The number of hydrogen-bond acceptors (Lipinski definition) is 4. The lowest BCUT2D eigenvalue weighted by molar-refractivity contribution is 0.421. The molecular weight excluding hydrogens is 344 g/mol. The molecule has 0 saturated carbocycles. The van der Waals surface area contributed by atoms with Crippen molar-refractivity contribution in [3.05, 3.63) is 78.4 Å². The fraction of sp³-hybridized carbons (Fsp3) is 0. The summed E-state index contributed by atoms with van der Waals surface area (Å²) in [6.45, 7) is 0. The van der Waals surface area contributed by atoms with Gasteiger partial charge in [-0.05, 0) is 29.7 Å². The number of hydrogen-bond donors (Lipinski definition) is 2. The van der Waals surface area contributed by atoms with E-state index in [4.69, 9.17) is 10.0 Å². The zero-order valence-corrected chi connectivity index (χ0v) is 13.3. The van der Waals surface area contributed by atoms with Gasteiger partial charge in [0.1, 0.15) is 0 Å². The molecular formula is C18H12BF3N2O2. The normalized spacial score (nSPS) is 10.5. The van der Waals surface area contributed by atoms with E-state index in [0.29, 0.717) is 12.1 Å². The van der Waals surface area contributed by atoms with Gasteiger partial charge in [0.05, 0.1) is 11.0 Å². The molecule has 0 amide bonds. The Bertz CT molecular complexity index is 999. The van der Waals surface area contributed by atoms with Crippen molar-refractivity contribution in [2.24, 2.45) is 0 Å². The van der Waals surface area contributed by atoms with Crippen molar-refractivity contribution < 1.29 is 23.2 Å². The molecule has 0 saturated heterocycles. The van der Waals surface area contributed by atoms with E-state index in [1.165, 1.54) is 0 Å². The smallest absolute Gasteiger partial charge is 0.423 e. The minimum atomic E-state index is -2.00. The molecule has 4 aromatic rings. The lowest BCUT2D eigenvalue weighted by atomic mass is 9.80. The van der Waals surface area contributed by atoms with Crippen molar-refractivity contribution in [3.63, 3.8) is 0 Å². The van der Waals surface area contributed by atoms with Gasteiger partial charge in [-0.1, -0.05) is 24.3 Å². The number of nitrogens with zero attached hydrogens (tertiary/aromatic N) is 2. The summed E-state index contributed by atoms with van der Waals surface area (Å²) in [7, 11) is -2.00. The van der Waals surface area contributed by atoms with Crippen LogP contribution in [0.1, 0.15) is 0 Å². The van der Waals surface area contributed by atoms with Crippen LogP contribution in [-0.2, 0) is 0 Å². The first-order valence-corrected chi connectivity index (χ1v) is 7.56. The standard InChI is InChI=1S/C12H8N2.C6H4BF3O2/c1-3-9-5-6-10-4-2-8-14-12(10)11(9)13-7-1;8-4-1-3(7(11)12)2-5(9)6(4)10/h1-8H;1-2,11-12H. The van der Waals surface area contributed by atoms with Crippen LogP contribution < -0.4 is 5.46 Å². The lowest BCUT2D eigenvalue weighted by Crippen LogP contribution is -2.30. The zero-order valence-electron chi connectivity index (χ0n) is 13.3. The fourth-order valence-electron chi connectivity index (χ4n) is 2.40. The van der Waals surface area contributed by atoms with Gasteiger partial charge in [0.15, 0.2) is 17.5 Å². The summed E-state index contributed by atoms with van der Waals surface area (Å²) in [6.07, 6.45) is 3.60. The molecule has 2 heterocycles. The summed E-state index contributed by atoms with van der Waals surface area (Å²) < 4.78 is 37.0. The van der Waals surface area contributed by atoms with E-state index in [9.17, 15) is 13.2 Å². The summed E-state index contributed by atoms with van der Waals surface area (Å²) in [5.74, 6) is -4.52. The average molecular weight is 356 g/mol. The van der Waals surface area contributed by atoms with E-state index in [-0.39, 0.29) is 0 Å². The Kier molecular flexibility index (Phi) is 5.15. The second-order valence-electron chi connectivity index (χ2n) is 5.39. The second-order valence-corrected chi connectivity index (χ2v) is 5.39. The van der Waals surface area contributed by atoms with Gasteiger partial charge in [-0.3, -0.25) is 9.97 Å². The number of halogens is 3. The topological polar surface area (TPSA) is 66.2 Å². The van der Waals surface area contributed by atoms with Crippen LogP contribution in [-0.4, -0.2) is 27.1 Å². The predicted molar refractivity (Wildman–Crippen MR) is 93.2 cm³/mol. The van der Waals surface area contributed by atoms with Crippen LogP contribution in [0.5, 0.6) is 0 Å². The van der Waals surface area contributed by atoms with Crippen LogP contribution in [0, 0.1) is 17.5 Å². The highest BCUT2D eigenvalue weighted by Crippen LogP contribution is 2.20. The molecule has 0 aliphatic heterocycles. The van der Waals surface area contributed by atoms with E-state index in [0.717, 1.165) is 21.8 Å². The van der Waals surface area contributed by atoms with Gasteiger partial charge in [0.25, 0.3) is 0 Å². The highest BCUT2D eigenvalue weighted by atomic mass is 19.2. The van der Waals surface area contributed by atoms with Crippen molar-refractivity contribution in [1.29, 1.82) is 0 Å². The highest BCUT2D eigenvalue weighted by molar-refractivity contribution is 6.58. The van der Waals surface area contributed by atoms with Crippen molar-refractivity contribution >= 4 is 34.4 Å². The van der Waals surface area contributed by atoms with Crippen molar-refractivity contribution in [2.45, 2.75) is 0 Å². The molecule has 2 N–H and O–H groups in total. The largest absolute Gasteiger partial charge is 0.488 e. The Morgan fingerprint density at radius 3 is 1.62 bits per heavy atom. The molecule has 0 bridgehead atoms. The minimum absolute atomic E-state index is 0.425. The molecule has 0 aliphatic rings. The molecule has 0 unspecified atom stereocenters. The maximum Gasteiger partial charge on any atom is 0.488 e. The van der Waals surface area contributed by atoms with Crippen LogP contribution in [0.2, 0.25) is 0 Å². The monoisotopic (exact) mass is 356 g/mol. The molecule has 130 valence electrons. The number of pyridine rings is 2. The quantitative estimate of drug-likeness (QED) is 0.313. The Balaban J connectivity index is 0.000000153. The zero-order chi connectivity index (χ0) is 18.7. The molecule has 0 spiro atoms. The highest BCUT2D eigenvalue weighted by Gasteiger charge is 2.17. The first-order chi connectivity index (χ1) is 12.5. The third-order valence-electron chi connectivity index (χ3n) is 3.65. The van der Waals surface area contributed by atoms with Gasteiger partial charge < -0.3 is 10.0 Å². The van der Waals surface area contributed by atoms with E-state index < -0.39 is 30.0 Å². The van der Waals surface area contributed by atoms with Gasteiger partial charge in [-0.25, -0.2) is 13.2 Å². The second kappa shape index (κ2) is 7.51. The molecule has 0 radical (unpaired) electrons. The van der Waals surface area contributed by atoms with Crippen LogP contribution in [0.3, 0.4) is 0 Å². The van der Waals surface area contributed by atoms with E-state index in [2.05, 4.69) is 34.2 Å². The SMILES string of the molecule is OB(O)c1cc(F)c(F)c(F)c1.c1cnc2c(c1)ccc1cccnc12. The van der Waals surface area contributed by atoms with Gasteiger partial charge in [-0.2, -0.15) is 0 Å². The van der Waals surface area contributed by atoms with Crippen molar-refractivity contribution in [1.82, 2.24) is 9.97 Å². The number of rotatable bonds is 1. The first kappa shape index (κ1) is 17.8. The molecule has 26 heavy (non-hydrogen) atoms. The Labute approximate surface area is 146 Å². The molecule has 2 aromatic heterocycles. The third-order valence-corrected chi connectivity index (χ3v) is 3.65.